The maximum absolute atomic E-state index is 12.2. The maximum Gasteiger partial charge on any atom is 0.248 e. The van der Waals surface area contributed by atoms with Crippen LogP contribution >= 0.6 is 31.9 Å². The summed E-state index contributed by atoms with van der Waals surface area (Å²) in [5.41, 5.74) is 14.1. The highest BCUT2D eigenvalue weighted by Gasteiger charge is 2.18. The molecule has 0 bridgehead atoms. The number of benzene rings is 2. The average molecular weight is 674 g/mol. The predicted molar refractivity (Wildman–Crippen MR) is 167 cm³/mol. The summed E-state index contributed by atoms with van der Waals surface area (Å²) >= 11 is 6.75. The SMILES string of the molecule is O=C1C=CC(Br)=CC1=CNNc1nc(NNC=C2C=C(Br)C=CC2=O)nc(N(c2ccccc2)c2ccccc2)n1. The quantitative estimate of drug-likeness (QED) is 0.164. The molecule has 0 saturated heterocycles. The van der Waals surface area contributed by atoms with Gasteiger partial charge in [-0.05, 0) is 60.7 Å². The highest BCUT2D eigenvalue weighted by molar-refractivity contribution is 9.12. The predicted octanol–water partition coefficient (Wildman–Crippen LogP) is 5.78. The lowest BCUT2D eigenvalue weighted by molar-refractivity contribution is -0.111. The summed E-state index contributed by atoms with van der Waals surface area (Å²) in [6.07, 6.45) is 12.7. The van der Waals surface area contributed by atoms with Crippen LogP contribution in [0.5, 0.6) is 0 Å². The number of nitrogens with one attached hydrogen (secondary N) is 4. The molecule has 0 aliphatic heterocycles. The number of aromatic nitrogens is 3. The van der Waals surface area contributed by atoms with Crippen LogP contribution < -0.4 is 26.6 Å². The van der Waals surface area contributed by atoms with Gasteiger partial charge in [0.15, 0.2) is 11.6 Å². The first-order valence-corrected chi connectivity index (χ1v) is 13.8. The third kappa shape index (κ3) is 7.24. The summed E-state index contributed by atoms with van der Waals surface area (Å²) < 4.78 is 1.55. The van der Waals surface area contributed by atoms with Crippen LogP contribution in [-0.2, 0) is 9.59 Å². The smallest absolute Gasteiger partial charge is 0.248 e. The Bertz CT molecular complexity index is 1530. The van der Waals surface area contributed by atoms with E-state index in [-0.39, 0.29) is 23.5 Å². The lowest BCUT2D eigenvalue weighted by Crippen LogP contribution is -2.24. The molecule has 10 nitrogen and oxygen atoms in total. The monoisotopic (exact) mass is 672 g/mol. The van der Waals surface area contributed by atoms with Gasteiger partial charge in [0.2, 0.25) is 17.8 Å². The van der Waals surface area contributed by atoms with Crippen LogP contribution in [0.2, 0.25) is 0 Å². The Kier molecular flexibility index (Phi) is 8.82. The van der Waals surface area contributed by atoms with E-state index in [1.807, 2.05) is 65.6 Å². The molecule has 0 saturated carbocycles. The second-order valence-electron chi connectivity index (χ2n) is 8.48. The number of ketones is 2. The molecule has 0 unspecified atom stereocenters. The van der Waals surface area contributed by atoms with Gasteiger partial charge in [0, 0.05) is 43.9 Å². The van der Waals surface area contributed by atoms with E-state index in [2.05, 4.69) is 68.5 Å². The largest absolute Gasteiger partial charge is 0.305 e. The number of anilines is 5. The van der Waals surface area contributed by atoms with E-state index in [0.717, 1.165) is 20.3 Å². The van der Waals surface area contributed by atoms with Gasteiger partial charge in [0.05, 0.1) is 0 Å². The van der Waals surface area contributed by atoms with Gasteiger partial charge in [-0.3, -0.25) is 25.3 Å². The van der Waals surface area contributed by atoms with E-state index in [0.29, 0.717) is 17.1 Å². The zero-order valence-corrected chi connectivity index (χ0v) is 24.4. The number of hydrazine groups is 2. The number of hydrogen-bond donors (Lipinski definition) is 4. The summed E-state index contributed by atoms with van der Waals surface area (Å²) in [5, 5.41) is 0. The van der Waals surface area contributed by atoms with Crippen molar-refractivity contribution < 1.29 is 9.59 Å². The van der Waals surface area contributed by atoms with Crippen LogP contribution in [0.1, 0.15) is 0 Å². The molecule has 41 heavy (non-hydrogen) atoms. The first-order valence-electron chi connectivity index (χ1n) is 12.3. The molecule has 204 valence electrons. The van der Waals surface area contributed by atoms with Gasteiger partial charge in [-0.25, -0.2) is 0 Å². The minimum absolute atomic E-state index is 0.148. The fraction of sp³-hybridized carbons (Fsp3) is 0. The minimum atomic E-state index is -0.148. The summed E-state index contributed by atoms with van der Waals surface area (Å²) in [5.74, 6) is 0.352. The number of hydrogen-bond acceptors (Lipinski definition) is 10. The van der Waals surface area contributed by atoms with E-state index in [1.54, 1.807) is 24.3 Å². The van der Waals surface area contributed by atoms with Crippen molar-refractivity contribution in [3.8, 4) is 0 Å². The van der Waals surface area contributed by atoms with Gasteiger partial charge in [0.1, 0.15) is 0 Å². The van der Waals surface area contributed by atoms with Crippen molar-refractivity contribution in [3.05, 3.63) is 130 Å². The summed E-state index contributed by atoms with van der Waals surface area (Å²) in [4.78, 5) is 40.0. The van der Waals surface area contributed by atoms with Crippen LogP contribution in [0.25, 0.3) is 0 Å². The van der Waals surface area contributed by atoms with Gasteiger partial charge in [-0.2, -0.15) is 15.0 Å². The Hall–Kier alpha value is -4.81. The van der Waals surface area contributed by atoms with Crippen LogP contribution in [0.15, 0.2) is 130 Å². The minimum Gasteiger partial charge on any atom is -0.305 e. The van der Waals surface area contributed by atoms with Crippen molar-refractivity contribution in [2.45, 2.75) is 0 Å². The third-order valence-electron chi connectivity index (χ3n) is 5.62. The van der Waals surface area contributed by atoms with Gasteiger partial charge < -0.3 is 10.9 Å². The second kappa shape index (κ2) is 13.0. The molecule has 3 aromatic rings. The first-order chi connectivity index (χ1) is 20.0. The lowest BCUT2D eigenvalue weighted by Gasteiger charge is -2.23. The van der Waals surface area contributed by atoms with E-state index >= 15 is 0 Å². The number of nitrogens with zero attached hydrogens (tertiary/aromatic N) is 4. The van der Waals surface area contributed by atoms with E-state index in [9.17, 15) is 9.59 Å². The van der Waals surface area contributed by atoms with Gasteiger partial charge in [-0.1, -0.05) is 68.3 Å². The molecule has 1 aromatic heterocycles. The molecule has 2 aromatic carbocycles. The number of carbonyl (C=O) groups excluding carboxylic acids is 2. The van der Waals surface area contributed by atoms with Crippen molar-refractivity contribution in [2.75, 3.05) is 15.8 Å². The molecule has 1 heterocycles. The first kappa shape index (κ1) is 27.7. The van der Waals surface area contributed by atoms with Crippen molar-refractivity contribution in [2.24, 2.45) is 0 Å². The van der Waals surface area contributed by atoms with Gasteiger partial charge >= 0.3 is 0 Å². The molecule has 0 radical (unpaired) electrons. The Morgan fingerprint density at radius 3 is 1.49 bits per heavy atom. The Balaban J connectivity index is 1.47. The van der Waals surface area contributed by atoms with Crippen LogP contribution in [0, 0.1) is 0 Å². The number of carbonyl (C=O) groups is 2. The molecular weight excluding hydrogens is 652 g/mol. The Morgan fingerprint density at radius 1 is 0.610 bits per heavy atom. The van der Waals surface area contributed by atoms with E-state index < -0.39 is 0 Å². The average Bonchev–Trinajstić information content (AvgIpc) is 2.98. The van der Waals surface area contributed by atoms with E-state index in [1.165, 1.54) is 24.6 Å². The van der Waals surface area contributed by atoms with Crippen molar-refractivity contribution in [1.82, 2.24) is 25.8 Å². The highest BCUT2D eigenvalue weighted by Crippen LogP contribution is 2.32. The van der Waals surface area contributed by atoms with Crippen molar-refractivity contribution in [1.29, 1.82) is 0 Å². The summed E-state index contributed by atoms with van der Waals surface area (Å²) in [7, 11) is 0. The molecule has 5 rings (SSSR count). The number of rotatable bonds is 9. The standard InChI is InChI=1S/C29H22Br2N8O2/c30-21-11-13-25(40)19(15-21)17-32-37-27-34-28(38-33-18-20-16-22(31)12-14-26(20)41)36-29(35-27)39(23-7-3-1-4-8-23)24-9-5-2-6-10-24/h1-18,32-33H,(H2,34,35,36,37,38). The van der Waals surface area contributed by atoms with Crippen LogP contribution in [0.4, 0.5) is 29.2 Å². The molecular formula is C29H22Br2N8O2. The summed E-state index contributed by atoms with van der Waals surface area (Å²) in [6.45, 7) is 0. The molecule has 0 atom stereocenters. The topological polar surface area (TPSA) is 124 Å². The molecule has 2 aliphatic carbocycles. The van der Waals surface area contributed by atoms with Crippen molar-refractivity contribution >= 4 is 72.6 Å². The second-order valence-corrected chi connectivity index (χ2v) is 10.3. The van der Waals surface area contributed by atoms with Gasteiger partial charge in [-0.15, -0.1) is 0 Å². The zero-order valence-electron chi connectivity index (χ0n) is 21.3. The fourth-order valence-electron chi connectivity index (χ4n) is 3.73. The van der Waals surface area contributed by atoms with E-state index in [4.69, 9.17) is 0 Å². The van der Waals surface area contributed by atoms with Crippen LogP contribution in [-0.4, -0.2) is 26.5 Å². The third-order valence-corrected chi connectivity index (χ3v) is 6.61. The molecule has 4 N–H and O–H groups in total. The maximum atomic E-state index is 12.2. The molecule has 0 fully saturated rings. The summed E-state index contributed by atoms with van der Waals surface area (Å²) in [6, 6.07) is 19.3. The van der Waals surface area contributed by atoms with Gasteiger partial charge in [0.25, 0.3) is 0 Å². The number of allylic oxidation sites excluding steroid dienone is 10. The lowest BCUT2D eigenvalue weighted by atomic mass is 10.1. The van der Waals surface area contributed by atoms with Crippen LogP contribution in [0.3, 0.4) is 0 Å². The highest BCUT2D eigenvalue weighted by atomic mass is 79.9. The molecule has 12 heteroatoms. The fourth-order valence-corrected chi connectivity index (χ4v) is 4.49. The van der Waals surface area contributed by atoms with Crippen molar-refractivity contribution in [3.63, 3.8) is 0 Å². The Labute approximate surface area is 252 Å². The zero-order chi connectivity index (χ0) is 28.6. The normalized spacial score (nSPS) is 16.3. The Morgan fingerprint density at radius 2 is 1.05 bits per heavy atom. The molecule has 2 aliphatic rings. The number of para-hydroxylation sites is 2. The number of halogens is 2. The molecule has 0 amide bonds. The molecule has 0 spiro atoms.